The van der Waals surface area contributed by atoms with Crippen LogP contribution in [-0.2, 0) is 16.0 Å². The van der Waals surface area contributed by atoms with E-state index >= 15 is 0 Å². The second kappa shape index (κ2) is 9.12. The Balaban J connectivity index is 1.62. The van der Waals surface area contributed by atoms with Crippen molar-refractivity contribution >= 4 is 5.91 Å². The van der Waals surface area contributed by atoms with E-state index in [0.29, 0.717) is 32.0 Å². The number of hydrogen-bond donors (Lipinski definition) is 1. The van der Waals surface area contributed by atoms with Crippen molar-refractivity contribution < 1.29 is 32.2 Å². The number of amides is 1. The Bertz CT molecular complexity index is 814. The van der Waals surface area contributed by atoms with E-state index in [0.717, 1.165) is 5.56 Å². The fourth-order valence-electron chi connectivity index (χ4n) is 3.05. The summed E-state index contributed by atoms with van der Waals surface area (Å²) in [6, 6.07) is 4.28. The number of benzene rings is 1. The number of nitrogens with one attached hydrogen (secondary N) is 1. The van der Waals surface area contributed by atoms with Gasteiger partial charge >= 0.3 is 6.18 Å². The van der Waals surface area contributed by atoms with Gasteiger partial charge in [0.2, 0.25) is 5.91 Å². The van der Waals surface area contributed by atoms with E-state index < -0.39 is 12.8 Å². The van der Waals surface area contributed by atoms with Crippen LogP contribution in [0, 0.1) is 0 Å². The topological polar surface area (TPSA) is 89.6 Å². The first-order chi connectivity index (χ1) is 13.9. The average Bonchev–Trinajstić information content (AvgIpc) is 3.24. The molecule has 158 valence electrons. The van der Waals surface area contributed by atoms with E-state index in [2.05, 4.69) is 15.2 Å². The summed E-state index contributed by atoms with van der Waals surface area (Å²) in [5, 5.41) is 6.58. The first kappa shape index (κ1) is 20.9. The summed E-state index contributed by atoms with van der Waals surface area (Å²) >= 11 is 0. The minimum atomic E-state index is -4.44. The molecular formula is C18H21F3N4O4. The molecule has 2 aromatic rings. The van der Waals surface area contributed by atoms with E-state index in [1.54, 1.807) is 17.0 Å². The van der Waals surface area contributed by atoms with Crippen LogP contribution in [0.2, 0.25) is 0 Å². The van der Waals surface area contributed by atoms with Crippen molar-refractivity contribution in [2.45, 2.75) is 25.1 Å². The molecule has 29 heavy (non-hydrogen) atoms. The van der Waals surface area contributed by atoms with E-state index in [9.17, 15) is 18.0 Å². The lowest BCUT2D eigenvalue weighted by atomic mass is 10.1. The van der Waals surface area contributed by atoms with Crippen LogP contribution in [0.3, 0.4) is 0 Å². The normalized spacial score (nSPS) is 17.2. The molecule has 1 fully saturated rings. The van der Waals surface area contributed by atoms with E-state index in [4.69, 9.17) is 14.2 Å². The zero-order valence-electron chi connectivity index (χ0n) is 15.7. The van der Waals surface area contributed by atoms with Crippen LogP contribution in [-0.4, -0.2) is 65.6 Å². The molecule has 1 saturated heterocycles. The maximum atomic E-state index is 12.7. The Morgan fingerprint density at radius 2 is 2.21 bits per heavy atom. The lowest BCUT2D eigenvalue weighted by molar-refractivity contribution is -0.153. The van der Waals surface area contributed by atoms with Gasteiger partial charge in [-0.2, -0.15) is 18.3 Å². The van der Waals surface area contributed by atoms with Crippen molar-refractivity contribution in [2.75, 3.05) is 33.5 Å². The van der Waals surface area contributed by atoms with Crippen LogP contribution < -0.4 is 9.47 Å². The number of carbonyl (C=O) groups excluding carboxylic acids is 1. The molecule has 11 heteroatoms. The molecule has 0 bridgehead atoms. The number of nitrogens with zero attached hydrogens (tertiary/aromatic N) is 3. The third-order valence-electron chi connectivity index (χ3n) is 4.45. The van der Waals surface area contributed by atoms with Gasteiger partial charge in [-0.1, -0.05) is 6.07 Å². The minimum Gasteiger partial charge on any atom is -0.493 e. The van der Waals surface area contributed by atoms with Gasteiger partial charge in [0.1, 0.15) is 18.2 Å². The number of halogens is 3. The number of aromatic nitrogens is 3. The van der Waals surface area contributed by atoms with Crippen LogP contribution in [0.25, 0.3) is 0 Å². The number of rotatable bonds is 7. The summed E-state index contributed by atoms with van der Waals surface area (Å²) in [5.74, 6) is 0.667. The Morgan fingerprint density at radius 3 is 2.90 bits per heavy atom. The summed E-state index contributed by atoms with van der Waals surface area (Å²) < 4.78 is 52.4. The molecule has 3 rings (SSSR count). The van der Waals surface area contributed by atoms with Gasteiger partial charge in [-0.15, -0.1) is 0 Å². The fraction of sp³-hybridized carbons (Fsp3) is 0.500. The van der Waals surface area contributed by atoms with Gasteiger partial charge < -0.3 is 19.1 Å². The summed E-state index contributed by atoms with van der Waals surface area (Å²) in [7, 11) is 1.35. The van der Waals surface area contributed by atoms with Gasteiger partial charge in [-0.25, -0.2) is 4.98 Å². The number of alkyl halides is 3. The van der Waals surface area contributed by atoms with Crippen LogP contribution >= 0.6 is 0 Å². The van der Waals surface area contributed by atoms with Crippen molar-refractivity contribution in [1.29, 1.82) is 0 Å². The van der Waals surface area contributed by atoms with Crippen LogP contribution in [0.5, 0.6) is 11.5 Å². The van der Waals surface area contributed by atoms with Crippen molar-refractivity contribution in [3.05, 3.63) is 35.9 Å². The lowest BCUT2D eigenvalue weighted by Gasteiger charge is -2.34. The van der Waals surface area contributed by atoms with Gasteiger partial charge in [-0.3, -0.25) is 9.89 Å². The molecule has 1 aliphatic heterocycles. The Hall–Kier alpha value is -2.82. The third-order valence-corrected chi connectivity index (χ3v) is 4.45. The molecule has 1 amide bonds. The summed E-state index contributed by atoms with van der Waals surface area (Å²) in [6.45, 7) is -0.186. The largest absolute Gasteiger partial charge is 0.493 e. The average molecular weight is 414 g/mol. The fourth-order valence-corrected chi connectivity index (χ4v) is 3.05. The smallest absolute Gasteiger partial charge is 0.422 e. The molecule has 0 aliphatic carbocycles. The standard InChI is InChI=1S/C18H21F3N4O4/c1-27-15-8-12(2-4-14(15)29-10-18(19,20)21)3-5-16(26)25-6-7-28-9-13(25)17-22-11-23-24-17/h2,4,8,11,13H,3,5-7,9-10H2,1H3,(H,22,23,24)/t13-/m1/s1. The number of aromatic amines is 1. The van der Waals surface area contributed by atoms with Gasteiger partial charge in [0.25, 0.3) is 0 Å². The molecular weight excluding hydrogens is 393 g/mol. The molecule has 1 atom stereocenters. The number of hydrogen-bond acceptors (Lipinski definition) is 6. The monoisotopic (exact) mass is 414 g/mol. The number of carbonyl (C=O) groups is 1. The number of methoxy groups -OCH3 is 1. The molecule has 1 N–H and O–H groups in total. The Morgan fingerprint density at radius 1 is 1.38 bits per heavy atom. The third kappa shape index (κ3) is 5.59. The number of aryl methyl sites for hydroxylation is 1. The van der Waals surface area contributed by atoms with E-state index in [-0.39, 0.29) is 29.9 Å². The van der Waals surface area contributed by atoms with E-state index in [1.165, 1.54) is 19.5 Å². The molecule has 1 aliphatic rings. The van der Waals surface area contributed by atoms with E-state index in [1.807, 2.05) is 0 Å². The van der Waals surface area contributed by atoms with Gasteiger partial charge in [-0.05, 0) is 24.1 Å². The second-order valence-corrected chi connectivity index (χ2v) is 6.44. The van der Waals surface area contributed by atoms with Gasteiger partial charge in [0.05, 0.1) is 20.3 Å². The highest BCUT2D eigenvalue weighted by molar-refractivity contribution is 5.77. The maximum absolute atomic E-state index is 12.7. The second-order valence-electron chi connectivity index (χ2n) is 6.44. The van der Waals surface area contributed by atoms with Crippen LogP contribution in [0.1, 0.15) is 23.9 Å². The predicted molar refractivity (Wildman–Crippen MR) is 94.5 cm³/mol. The van der Waals surface area contributed by atoms with Crippen LogP contribution in [0.4, 0.5) is 13.2 Å². The Kier molecular flexibility index (Phi) is 6.57. The summed E-state index contributed by atoms with van der Waals surface area (Å²) in [6.07, 6.45) is -2.44. The van der Waals surface area contributed by atoms with Crippen molar-refractivity contribution in [3.63, 3.8) is 0 Å². The molecule has 0 spiro atoms. The van der Waals surface area contributed by atoms with Gasteiger partial charge in [0.15, 0.2) is 18.1 Å². The van der Waals surface area contributed by atoms with Gasteiger partial charge in [0, 0.05) is 13.0 Å². The first-order valence-corrected chi connectivity index (χ1v) is 8.96. The molecule has 2 heterocycles. The highest BCUT2D eigenvalue weighted by Crippen LogP contribution is 2.30. The maximum Gasteiger partial charge on any atom is 0.422 e. The quantitative estimate of drug-likeness (QED) is 0.748. The molecule has 1 aromatic carbocycles. The zero-order chi connectivity index (χ0) is 20.9. The molecule has 8 nitrogen and oxygen atoms in total. The van der Waals surface area contributed by atoms with Crippen molar-refractivity contribution in [2.24, 2.45) is 0 Å². The SMILES string of the molecule is COc1cc(CCC(=O)N2CCOC[C@@H]2c2ncn[nH]2)ccc1OCC(F)(F)F. The zero-order valence-corrected chi connectivity index (χ0v) is 15.7. The number of ether oxygens (including phenoxy) is 3. The number of morpholine rings is 1. The molecule has 0 radical (unpaired) electrons. The molecule has 0 unspecified atom stereocenters. The highest BCUT2D eigenvalue weighted by atomic mass is 19.4. The van der Waals surface area contributed by atoms with Crippen molar-refractivity contribution in [1.82, 2.24) is 20.1 Å². The first-order valence-electron chi connectivity index (χ1n) is 8.96. The Labute approximate surface area is 165 Å². The van der Waals surface area contributed by atoms with Crippen LogP contribution in [0.15, 0.2) is 24.5 Å². The summed E-state index contributed by atoms with van der Waals surface area (Å²) in [4.78, 5) is 18.5. The highest BCUT2D eigenvalue weighted by Gasteiger charge is 2.31. The summed E-state index contributed by atoms with van der Waals surface area (Å²) in [5.41, 5.74) is 0.749. The predicted octanol–water partition coefficient (Wildman–Crippen LogP) is 2.29. The molecule has 0 saturated carbocycles. The minimum absolute atomic E-state index is 0.00142. The molecule has 1 aromatic heterocycles. The number of H-pyrrole nitrogens is 1. The lowest BCUT2D eigenvalue weighted by Crippen LogP contribution is -2.44. The van der Waals surface area contributed by atoms with Crippen molar-refractivity contribution in [3.8, 4) is 11.5 Å².